The van der Waals surface area contributed by atoms with Crippen molar-refractivity contribution in [1.29, 1.82) is 0 Å². The predicted octanol–water partition coefficient (Wildman–Crippen LogP) is 4.62. The van der Waals surface area contributed by atoms with E-state index in [9.17, 15) is 14.7 Å². The molecule has 6 heteroatoms. The minimum atomic E-state index is -0.579. The van der Waals surface area contributed by atoms with Gasteiger partial charge in [-0.1, -0.05) is 90.4 Å². The third kappa shape index (κ3) is 10.3. The first-order chi connectivity index (χ1) is 12.6. The number of carbonyl (C=O) groups is 1. The molecule has 1 aromatic rings. The van der Waals surface area contributed by atoms with E-state index in [4.69, 9.17) is 0 Å². The van der Waals surface area contributed by atoms with Crippen LogP contribution in [-0.2, 0) is 0 Å². The fourth-order valence-electron chi connectivity index (χ4n) is 3.15. The monoisotopic (exact) mass is 367 g/mol. The van der Waals surface area contributed by atoms with Crippen molar-refractivity contribution in [1.82, 2.24) is 15.3 Å². The standard InChI is InChI=1S/C20H37N3O3/c1-2-3-4-5-6-7-8-9-10-11-12-13-14-15-16-21-18(24)17-19(25)23-20(26)22-17/h25H,2-16H2,1H3,(H,21,24)(H2,22,23,26). The van der Waals surface area contributed by atoms with Gasteiger partial charge in [0.15, 0.2) is 5.69 Å². The molecule has 0 aromatic carbocycles. The largest absolute Gasteiger partial charge is 0.493 e. The maximum absolute atomic E-state index is 11.8. The first kappa shape index (κ1) is 22.3. The quantitative estimate of drug-likeness (QED) is 0.321. The molecule has 0 saturated carbocycles. The van der Waals surface area contributed by atoms with Gasteiger partial charge in [-0.05, 0) is 6.42 Å². The Balaban J connectivity index is 1.84. The van der Waals surface area contributed by atoms with Gasteiger partial charge in [-0.3, -0.25) is 14.8 Å². The summed E-state index contributed by atoms with van der Waals surface area (Å²) < 4.78 is 0. The number of hydrogen-bond acceptors (Lipinski definition) is 3. The SMILES string of the molecule is CCCCCCCCCCCCCCCCNC(=O)c1[nH]c(=O)[nH]c1O. The van der Waals surface area contributed by atoms with Crippen molar-refractivity contribution < 1.29 is 9.90 Å². The van der Waals surface area contributed by atoms with Crippen molar-refractivity contribution in [3.8, 4) is 5.88 Å². The summed E-state index contributed by atoms with van der Waals surface area (Å²) in [5.41, 5.74) is -0.676. The van der Waals surface area contributed by atoms with Crippen molar-refractivity contribution in [2.24, 2.45) is 0 Å². The first-order valence-corrected chi connectivity index (χ1v) is 10.4. The lowest BCUT2D eigenvalue weighted by Crippen LogP contribution is -2.25. The first-order valence-electron chi connectivity index (χ1n) is 10.4. The fourth-order valence-corrected chi connectivity index (χ4v) is 3.15. The van der Waals surface area contributed by atoms with E-state index in [1.807, 2.05) is 0 Å². The molecule has 4 N–H and O–H groups in total. The van der Waals surface area contributed by atoms with Crippen LogP contribution in [0.25, 0.3) is 0 Å². The summed E-state index contributed by atoms with van der Waals surface area (Å²) >= 11 is 0. The number of amides is 1. The molecule has 0 aliphatic carbocycles. The summed E-state index contributed by atoms with van der Waals surface area (Å²) in [7, 11) is 0. The summed E-state index contributed by atoms with van der Waals surface area (Å²) in [6, 6.07) is 0. The van der Waals surface area contributed by atoms with Crippen LogP contribution in [-0.4, -0.2) is 27.5 Å². The average molecular weight is 368 g/mol. The van der Waals surface area contributed by atoms with Crippen LogP contribution in [0, 0.1) is 0 Å². The van der Waals surface area contributed by atoms with Crippen molar-refractivity contribution in [3.63, 3.8) is 0 Å². The van der Waals surface area contributed by atoms with E-state index in [-0.39, 0.29) is 5.69 Å². The number of carbonyl (C=O) groups excluding carboxylic acids is 1. The molecule has 1 rings (SSSR count). The highest BCUT2D eigenvalue weighted by Crippen LogP contribution is 2.13. The molecular formula is C20H37N3O3. The average Bonchev–Trinajstić information content (AvgIpc) is 2.96. The summed E-state index contributed by atoms with van der Waals surface area (Å²) in [5.74, 6) is -0.857. The van der Waals surface area contributed by atoms with Crippen LogP contribution in [0.3, 0.4) is 0 Å². The molecule has 6 nitrogen and oxygen atoms in total. The zero-order chi connectivity index (χ0) is 19.0. The van der Waals surface area contributed by atoms with E-state index in [0.717, 1.165) is 12.8 Å². The van der Waals surface area contributed by atoms with Crippen molar-refractivity contribution in [2.45, 2.75) is 96.8 Å². The Bertz CT molecular complexity index is 537. The van der Waals surface area contributed by atoms with Gasteiger partial charge in [0.25, 0.3) is 5.91 Å². The van der Waals surface area contributed by atoms with E-state index in [1.165, 1.54) is 77.0 Å². The van der Waals surface area contributed by atoms with E-state index < -0.39 is 17.5 Å². The zero-order valence-corrected chi connectivity index (χ0v) is 16.4. The van der Waals surface area contributed by atoms with Gasteiger partial charge in [-0.2, -0.15) is 0 Å². The Morgan fingerprint density at radius 2 is 1.27 bits per heavy atom. The molecule has 0 aliphatic rings. The number of nitrogens with one attached hydrogen (secondary N) is 3. The van der Waals surface area contributed by atoms with Gasteiger partial charge in [0.05, 0.1) is 0 Å². The Morgan fingerprint density at radius 3 is 1.69 bits per heavy atom. The zero-order valence-electron chi connectivity index (χ0n) is 16.4. The van der Waals surface area contributed by atoms with Crippen molar-refractivity contribution >= 4 is 5.91 Å². The Labute approximate surface area is 157 Å². The molecule has 0 atom stereocenters. The minimum absolute atomic E-state index is 0.0969. The Hall–Kier alpha value is -1.72. The van der Waals surface area contributed by atoms with E-state index >= 15 is 0 Å². The van der Waals surface area contributed by atoms with Crippen LogP contribution in [0.2, 0.25) is 0 Å². The molecule has 1 heterocycles. The third-order valence-electron chi connectivity index (χ3n) is 4.75. The normalized spacial score (nSPS) is 11.0. The minimum Gasteiger partial charge on any atom is -0.493 e. The number of unbranched alkanes of at least 4 members (excludes halogenated alkanes) is 13. The third-order valence-corrected chi connectivity index (χ3v) is 4.75. The van der Waals surface area contributed by atoms with Gasteiger partial charge in [-0.15, -0.1) is 0 Å². The highest BCUT2D eigenvalue weighted by molar-refractivity contribution is 5.94. The lowest BCUT2D eigenvalue weighted by Gasteiger charge is -2.05. The summed E-state index contributed by atoms with van der Waals surface area (Å²) in [6.07, 6.45) is 18.2. The second-order valence-electron chi connectivity index (χ2n) is 7.15. The highest BCUT2D eigenvalue weighted by Gasteiger charge is 2.13. The van der Waals surface area contributed by atoms with Crippen molar-refractivity contribution in [3.05, 3.63) is 16.2 Å². The molecule has 1 aromatic heterocycles. The molecular weight excluding hydrogens is 330 g/mol. The number of H-pyrrole nitrogens is 2. The predicted molar refractivity (Wildman–Crippen MR) is 106 cm³/mol. The number of hydrogen-bond donors (Lipinski definition) is 4. The second-order valence-corrected chi connectivity index (χ2v) is 7.15. The van der Waals surface area contributed by atoms with Crippen LogP contribution in [0.4, 0.5) is 0 Å². The molecule has 1 amide bonds. The molecule has 0 radical (unpaired) electrons. The molecule has 0 fully saturated rings. The van der Waals surface area contributed by atoms with Crippen LogP contribution in [0.1, 0.15) is 107 Å². The maximum atomic E-state index is 11.8. The van der Waals surface area contributed by atoms with Gasteiger partial charge >= 0.3 is 5.69 Å². The lowest BCUT2D eigenvalue weighted by atomic mass is 10.0. The van der Waals surface area contributed by atoms with Gasteiger partial charge in [0.2, 0.25) is 5.88 Å². The molecule has 0 aliphatic heterocycles. The van der Waals surface area contributed by atoms with Gasteiger partial charge in [0, 0.05) is 6.54 Å². The lowest BCUT2D eigenvalue weighted by molar-refractivity contribution is 0.0945. The molecule has 150 valence electrons. The smallest absolute Gasteiger partial charge is 0.326 e. The molecule has 0 saturated heterocycles. The van der Waals surface area contributed by atoms with Crippen LogP contribution >= 0.6 is 0 Å². The van der Waals surface area contributed by atoms with Crippen molar-refractivity contribution in [2.75, 3.05) is 6.54 Å². The number of aromatic nitrogens is 2. The maximum Gasteiger partial charge on any atom is 0.326 e. The number of imidazole rings is 1. The molecule has 0 unspecified atom stereocenters. The topological polar surface area (TPSA) is 98.0 Å². The van der Waals surface area contributed by atoms with Crippen LogP contribution in [0.15, 0.2) is 4.79 Å². The van der Waals surface area contributed by atoms with Gasteiger partial charge in [0.1, 0.15) is 0 Å². The molecule has 0 bridgehead atoms. The van der Waals surface area contributed by atoms with E-state index in [1.54, 1.807) is 0 Å². The molecule has 0 spiro atoms. The second kappa shape index (κ2) is 14.4. The van der Waals surface area contributed by atoms with E-state index in [0.29, 0.717) is 6.54 Å². The molecule has 26 heavy (non-hydrogen) atoms. The van der Waals surface area contributed by atoms with Crippen LogP contribution in [0.5, 0.6) is 5.88 Å². The summed E-state index contributed by atoms with van der Waals surface area (Å²) in [5, 5.41) is 12.1. The summed E-state index contributed by atoms with van der Waals surface area (Å²) in [6.45, 7) is 2.82. The Morgan fingerprint density at radius 1 is 0.808 bits per heavy atom. The Kier molecular flexibility index (Phi) is 12.4. The summed E-state index contributed by atoms with van der Waals surface area (Å²) in [4.78, 5) is 27.1. The highest BCUT2D eigenvalue weighted by atomic mass is 16.3. The van der Waals surface area contributed by atoms with Crippen LogP contribution < -0.4 is 11.0 Å². The van der Waals surface area contributed by atoms with Gasteiger partial charge in [-0.25, -0.2) is 4.79 Å². The fraction of sp³-hybridized carbons (Fsp3) is 0.800. The number of aromatic hydroxyl groups is 1. The number of aromatic amines is 2. The number of rotatable bonds is 16. The van der Waals surface area contributed by atoms with E-state index in [2.05, 4.69) is 22.2 Å². The van der Waals surface area contributed by atoms with Gasteiger partial charge < -0.3 is 10.4 Å².